The highest BCUT2D eigenvalue weighted by Crippen LogP contribution is 2.19. The van der Waals surface area contributed by atoms with Crippen LogP contribution in [0.2, 0.25) is 0 Å². The molecule has 0 radical (unpaired) electrons. The highest BCUT2D eigenvalue weighted by atomic mass is 16.5. The Kier molecular flexibility index (Phi) is 9.90. The molecule has 2 rings (SSSR count). The number of hydrogen-bond donors (Lipinski definition) is 2. The summed E-state index contributed by atoms with van der Waals surface area (Å²) in [5.74, 6) is 1.53. The first kappa shape index (κ1) is 22.6. The molecule has 1 amide bonds. The van der Waals surface area contributed by atoms with Gasteiger partial charge in [-0.15, -0.1) is 0 Å². The molecule has 1 unspecified atom stereocenters. The van der Waals surface area contributed by atoms with Gasteiger partial charge in [-0.25, -0.2) is 0 Å². The van der Waals surface area contributed by atoms with Crippen LogP contribution in [0, 0.1) is 0 Å². The maximum absolute atomic E-state index is 12.2. The van der Waals surface area contributed by atoms with Gasteiger partial charge in [-0.05, 0) is 56.2 Å². The lowest BCUT2D eigenvalue weighted by atomic mass is 10.2. The van der Waals surface area contributed by atoms with Crippen molar-refractivity contribution in [3.63, 3.8) is 0 Å². The fourth-order valence-electron chi connectivity index (χ4n) is 2.74. The largest absolute Gasteiger partial charge is 0.494 e. The molecule has 1 atom stereocenters. The van der Waals surface area contributed by atoms with Gasteiger partial charge in [0, 0.05) is 17.4 Å². The summed E-state index contributed by atoms with van der Waals surface area (Å²) in [7, 11) is 0. The molecule has 2 N–H and O–H groups in total. The van der Waals surface area contributed by atoms with Crippen molar-refractivity contribution in [3.05, 3.63) is 48.5 Å². The Morgan fingerprint density at radius 1 is 0.966 bits per heavy atom. The van der Waals surface area contributed by atoms with Crippen molar-refractivity contribution in [3.8, 4) is 11.5 Å². The smallest absolute Gasteiger partial charge is 0.243 e. The molecular weight excluding hydrogens is 364 g/mol. The second-order valence-corrected chi connectivity index (χ2v) is 7.20. The molecule has 2 aromatic rings. The maximum Gasteiger partial charge on any atom is 0.243 e. The number of benzene rings is 2. The van der Waals surface area contributed by atoms with Gasteiger partial charge in [0.25, 0.3) is 0 Å². The van der Waals surface area contributed by atoms with E-state index in [2.05, 4.69) is 24.5 Å². The quantitative estimate of drug-likeness (QED) is 0.414. The lowest BCUT2D eigenvalue weighted by Crippen LogP contribution is -2.21. The Balaban J connectivity index is 1.74. The minimum absolute atomic E-state index is 0.105. The Hall–Kier alpha value is -2.69. The van der Waals surface area contributed by atoms with Crippen LogP contribution in [0.5, 0.6) is 11.5 Å². The highest BCUT2D eigenvalue weighted by molar-refractivity contribution is 5.93. The van der Waals surface area contributed by atoms with Crippen LogP contribution in [-0.4, -0.2) is 25.2 Å². The van der Waals surface area contributed by atoms with E-state index in [1.807, 2.05) is 55.5 Å². The van der Waals surface area contributed by atoms with Crippen LogP contribution in [0.25, 0.3) is 0 Å². The van der Waals surface area contributed by atoms with Gasteiger partial charge in [0.2, 0.25) is 5.91 Å². The summed E-state index contributed by atoms with van der Waals surface area (Å²) in [6.45, 7) is 7.24. The predicted octanol–water partition coefficient (Wildman–Crippen LogP) is 5.87. The minimum Gasteiger partial charge on any atom is -0.494 e. The fraction of sp³-hybridized carbons (Fsp3) is 0.458. The number of carbonyl (C=O) groups excluding carboxylic acids is 1. The van der Waals surface area contributed by atoms with Gasteiger partial charge in [0.05, 0.1) is 19.3 Å². The third kappa shape index (κ3) is 8.90. The van der Waals surface area contributed by atoms with Crippen molar-refractivity contribution >= 4 is 17.3 Å². The molecule has 29 heavy (non-hydrogen) atoms. The van der Waals surface area contributed by atoms with Crippen LogP contribution >= 0.6 is 0 Å². The monoisotopic (exact) mass is 398 g/mol. The molecule has 5 nitrogen and oxygen atoms in total. The van der Waals surface area contributed by atoms with Crippen molar-refractivity contribution in [2.75, 3.05) is 23.8 Å². The summed E-state index contributed by atoms with van der Waals surface area (Å²) in [6.07, 6.45) is 5.85. The normalized spacial score (nSPS) is 11.6. The zero-order valence-corrected chi connectivity index (χ0v) is 17.9. The van der Waals surface area contributed by atoms with E-state index in [-0.39, 0.29) is 18.6 Å². The van der Waals surface area contributed by atoms with E-state index in [0.717, 1.165) is 42.3 Å². The zero-order chi connectivity index (χ0) is 20.9. The number of rotatable bonds is 13. The van der Waals surface area contributed by atoms with Gasteiger partial charge >= 0.3 is 0 Å². The summed E-state index contributed by atoms with van der Waals surface area (Å²) in [4.78, 5) is 12.2. The number of nitrogens with one attached hydrogen (secondary N) is 2. The lowest BCUT2D eigenvalue weighted by molar-refractivity contribution is -0.114. The second-order valence-electron chi connectivity index (χ2n) is 7.20. The van der Waals surface area contributed by atoms with Crippen LogP contribution < -0.4 is 20.1 Å². The molecule has 0 heterocycles. The predicted molar refractivity (Wildman–Crippen MR) is 120 cm³/mol. The summed E-state index contributed by atoms with van der Waals surface area (Å²) >= 11 is 0. The van der Waals surface area contributed by atoms with Crippen LogP contribution in [-0.2, 0) is 4.79 Å². The lowest BCUT2D eigenvalue weighted by Gasteiger charge is -2.14. The molecule has 0 aliphatic carbocycles. The summed E-state index contributed by atoms with van der Waals surface area (Å²) in [5, 5.41) is 6.03. The third-order valence-corrected chi connectivity index (χ3v) is 4.60. The molecule has 0 fully saturated rings. The molecule has 0 spiro atoms. The standard InChI is InChI=1S/C24H34N2O3/c1-4-6-7-8-16-28-22-14-12-20(13-15-22)26-24(27)18-25-21-10-9-11-23(17-21)29-19(3)5-2/h9-15,17,19,25H,4-8,16,18H2,1-3H3,(H,26,27). The van der Waals surface area contributed by atoms with Crippen molar-refractivity contribution in [1.82, 2.24) is 0 Å². The first-order valence-corrected chi connectivity index (χ1v) is 10.6. The number of ether oxygens (including phenoxy) is 2. The van der Waals surface area contributed by atoms with E-state index >= 15 is 0 Å². The van der Waals surface area contributed by atoms with Crippen LogP contribution in [0.4, 0.5) is 11.4 Å². The van der Waals surface area contributed by atoms with Crippen molar-refractivity contribution in [2.24, 2.45) is 0 Å². The van der Waals surface area contributed by atoms with Crippen LogP contribution in [0.1, 0.15) is 52.9 Å². The Morgan fingerprint density at radius 3 is 2.48 bits per heavy atom. The molecule has 158 valence electrons. The highest BCUT2D eigenvalue weighted by Gasteiger charge is 2.05. The number of anilines is 2. The first-order chi connectivity index (χ1) is 14.1. The summed E-state index contributed by atoms with van der Waals surface area (Å²) < 4.78 is 11.5. The average Bonchev–Trinajstić information content (AvgIpc) is 2.73. The molecule has 0 bridgehead atoms. The number of hydrogen-bond acceptors (Lipinski definition) is 4. The zero-order valence-electron chi connectivity index (χ0n) is 17.9. The maximum atomic E-state index is 12.2. The fourth-order valence-corrected chi connectivity index (χ4v) is 2.74. The molecule has 5 heteroatoms. The van der Waals surface area contributed by atoms with Crippen LogP contribution in [0.3, 0.4) is 0 Å². The molecular formula is C24H34N2O3. The van der Waals surface area contributed by atoms with Gasteiger partial charge in [0.1, 0.15) is 11.5 Å². The summed E-state index contributed by atoms with van der Waals surface area (Å²) in [6, 6.07) is 15.2. The Morgan fingerprint density at radius 2 is 1.76 bits per heavy atom. The number of unbranched alkanes of at least 4 members (excludes halogenated alkanes) is 3. The average molecular weight is 399 g/mol. The molecule has 0 saturated heterocycles. The molecule has 0 aromatic heterocycles. The molecule has 2 aromatic carbocycles. The van der Waals surface area contributed by atoms with E-state index < -0.39 is 0 Å². The van der Waals surface area contributed by atoms with E-state index in [0.29, 0.717) is 0 Å². The first-order valence-electron chi connectivity index (χ1n) is 10.6. The van der Waals surface area contributed by atoms with Crippen molar-refractivity contribution in [2.45, 2.75) is 59.0 Å². The van der Waals surface area contributed by atoms with Crippen molar-refractivity contribution in [1.29, 1.82) is 0 Å². The molecule has 0 aliphatic heterocycles. The molecule has 0 saturated carbocycles. The Bertz CT molecular complexity index is 731. The van der Waals surface area contributed by atoms with Gasteiger partial charge in [0.15, 0.2) is 0 Å². The Labute approximate surface area is 174 Å². The third-order valence-electron chi connectivity index (χ3n) is 4.60. The number of amides is 1. The topological polar surface area (TPSA) is 59.6 Å². The SMILES string of the molecule is CCCCCCOc1ccc(NC(=O)CNc2cccc(OC(C)CC)c2)cc1. The summed E-state index contributed by atoms with van der Waals surface area (Å²) in [5.41, 5.74) is 1.61. The van der Waals surface area contributed by atoms with Gasteiger partial charge in [-0.3, -0.25) is 4.79 Å². The number of carbonyl (C=O) groups is 1. The van der Waals surface area contributed by atoms with Gasteiger partial charge in [-0.2, -0.15) is 0 Å². The van der Waals surface area contributed by atoms with Crippen LogP contribution in [0.15, 0.2) is 48.5 Å². The van der Waals surface area contributed by atoms with Gasteiger partial charge in [-0.1, -0.05) is 39.2 Å². The molecule has 0 aliphatic rings. The van der Waals surface area contributed by atoms with E-state index in [9.17, 15) is 4.79 Å². The van der Waals surface area contributed by atoms with E-state index in [1.54, 1.807) is 0 Å². The van der Waals surface area contributed by atoms with Crippen molar-refractivity contribution < 1.29 is 14.3 Å². The minimum atomic E-state index is -0.105. The van der Waals surface area contributed by atoms with Gasteiger partial charge < -0.3 is 20.1 Å². The second kappa shape index (κ2) is 12.7. The van der Waals surface area contributed by atoms with E-state index in [4.69, 9.17) is 9.47 Å². The van der Waals surface area contributed by atoms with E-state index in [1.165, 1.54) is 19.3 Å².